The number of nitrogens with zero attached hydrogens (tertiary/aromatic N) is 2. The van der Waals surface area contributed by atoms with Crippen molar-refractivity contribution in [1.29, 1.82) is 0 Å². The summed E-state index contributed by atoms with van der Waals surface area (Å²) in [5.74, 6) is -0.284. The number of nitrogens with one attached hydrogen (secondary N) is 1. The number of hydrogen-bond donors (Lipinski definition) is 1. The molecule has 0 saturated carbocycles. The van der Waals surface area contributed by atoms with Crippen LogP contribution in [-0.4, -0.2) is 16.7 Å². The average molecular weight is 330 g/mol. The molecule has 1 N–H and O–H groups in total. The topological polar surface area (TPSA) is 37.8 Å². The molecule has 96 valence electrons. The molecular weight excluding hydrogens is 317 g/mol. The summed E-state index contributed by atoms with van der Waals surface area (Å²) in [6, 6.07) is 4.92. The van der Waals surface area contributed by atoms with E-state index >= 15 is 0 Å². The third-order valence-corrected chi connectivity index (χ3v) is 4.11. The molecule has 2 aromatic rings. The van der Waals surface area contributed by atoms with E-state index in [1.165, 1.54) is 17.4 Å². The van der Waals surface area contributed by atoms with Crippen molar-refractivity contribution in [2.75, 3.05) is 6.54 Å². The van der Waals surface area contributed by atoms with Gasteiger partial charge in [-0.3, -0.25) is 0 Å². The molecule has 2 rings (SSSR count). The third kappa shape index (κ3) is 3.13. The molecule has 0 saturated heterocycles. The van der Waals surface area contributed by atoms with Gasteiger partial charge in [0.05, 0.1) is 4.47 Å². The molecule has 6 heteroatoms. The van der Waals surface area contributed by atoms with E-state index in [4.69, 9.17) is 0 Å². The van der Waals surface area contributed by atoms with Crippen molar-refractivity contribution in [3.8, 4) is 10.6 Å². The molecule has 0 aliphatic rings. The quantitative estimate of drug-likeness (QED) is 0.851. The summed E-state index contributed by atoms with van der Waals surface area (Å²) in [5.41, 5.74) is 0.745. The van der Waals surface area contributed by atoms with Gasteiger partial charge in [-0.05, 0) is 35.0 Å². The maximum Gasteiger partial charge on any atom is 0.149 e. The lowest BCUT2D eigenvalue weighted by Gasteiger charge is -2.00. The fourth-order valence-corrected chi connectivity index (χ4v) is 2.90. The van der Waals surface area contributed by atoms with E-state index < -0.39 is 0 Å². The first kappa shape index (κ1) is 13.6. The highest BCUT2D eigenvalue weighted by atomic mass is 79.9. The van der Waals surface area contributed by atoms with Crippen LogP contribution in [0.3, 0.4) is 0 Å². The summed E-state index contributed by atoms with van der Waals surface area (Å²) >= 11 is 4.72. The summed E-state index contributed by atoms with van der Waals surface area (Å²) in [6.45, 7) is 3.78. The van der Waals surface area contributed by atoms with Crippen molar-refractivity contribution in [3.05, 3.63) is 33.5 Å². The Bertz CT molecular complexity index is 530. The van der Waals surface area contributed by atoms with E-state index in [0.29, 0.717) is 11.0 Å². The van der Waals surface area contributed by atoms with Crippen molar-refractivity contribution in [2.45, 2.75) is 19.9 Å². The Morgan fingerprint density at radius 3 is 3.00 bits per heavy atom. The zero-order valence-electron chi connectivity index (χ0n) is 9.91. The lowest BCUT2D eigenvalue weighted by Crippen LogP contribution is -2.13. The Hall–Kier alpha value is -0.850. The van der Waals surface area contributed by atoms with Gasteiger partial charge in [-0.2, -0.15) is 0 Å². The van der Waals surface area contributed by atoms with E-state index in [0.717, 1.165) is 28.5 Å². The minimum absolute atomic E-state index is 0.284. The van der Waals surface area contributed by atoms with Crippen LogP contribution in [0.5, 0.6) is 0 Å². The zero-order valence-corrected chi connectivity index (χ0v) is 12.3. The van der Waals surface area contributed by atoms with Gasteiger partial charge in [-0.25, -0.2) is 4.39 Å². The van der Waals surface area contributed by atoms with Crippen LogP contribution in [0.2, 0.25) is 0 Å². The van der Waals surface area contributed by atoms with Gasteiger partial charge in [-0.1, -0.05) is 30.4 Å². The van der Waals surface area contributed by atoms with Gasteiger partial charge in [-0.15, -0.1) is 10.2 Å². The van der Waals surface area contributed by atoms with Crippen molar-refractivity contribution in [1.82, 2.24) is 15.5 Å². The molecule has 0 aliphatic heterocycles. The monoisotopic (exact) mass is 329 g/mol. The number of hydrogen-bond acceptors (Lipinski definition) is 4. The molecule has 0 unspecified atom stereocenters. The minimum Gasteiger partial charge on any atom is -0.310 e. The zero-order chi connectivity index (χ0) is 13.0. The smallest absolute Gasteiger partial charge is 0.149 e. The van der Waals surface area contributed by atoms with Gasteiger partial charge in [0.15, 0.2) is 0 Å². The van der Waals surface area contributed by atoms with E-state index in [9.17, 15) is 4.39 Å². The molecule has 0 spiro atoms. The van der Waals surface area contributed by atoms with Crippen LogP contribution in [0.4, 0.5) is 4.39 Å². The summed E-state index contributed by atoms with van der Waals surface area (Å²) < 4.78 is 13.9. The van der Waals surface area contributed by atoms with Gasteiger partial charge in [0.1, 0.15) is 15.8 Å². The maximum absolute atomic E-state index is 13.4. The van der Waals surface area contributed by atoms with Crippen molar-refractivity contribution in [2.24, 2.45) is 0 Å². The lowest BCUT2D eigenvalue weighted by molar-refractivity contribution is 0.621. The second-order valence-corrected chi connectivity index (χ2v) is 5.63. The summed E-state index contributed by atoms with van der Waals surface area (Å²) in [6.07, 6.45) is 1.08. The first-order chi connectivity index (χ1) is 8.72. The Morgan fingerprint density at radius 2 is 2.22 bits per heavy atom. The van der Waals surface area contributed by atoms with Crippen LogP contribution >= 0.6 is 27.3 Å². The molecule has 0 fully saturated rings. The highest BCUT2D eigenvalue weighted by molar-refractivity contribution is 9.10. The van der Waals surface area contributed by atoms with Crippen molar-refractivity contribution < 1.29 is 4.39 Å². The van der Waals surface area contributed by atoms with E-state index in [2.05, 4.69) is 38.4 Å². The van der Waals surface area contributed by atoms with Crippen LogP contribution in [-0.2, 0) is 6.54 Å². The highest BCUT2D eigenvalue weighted by Gasteiger charge is 2.12. The second kappa shape index (κ2) is 6.36. The molecule has 0 radical (unpaired) electrons. The van der Waals surface area contributed by atoms with Gasteiger partial charge in [0, 0.05) is 12.1 Å². The number of rotatable bonds is 5. The molecule has 3 nitrogen and oxygen atoms in total. The van der Waals surface area contributed by atoms with Gasteiger partial charge < -0.3 is 5.32 Å². The SMILES string of the molecule is CCCNCc1nnc(-c2cccc(F)c2Br)s1. The Balaban J connectivity index is 2.16. The molecular formula is C12H13BrFN3S. The summed E-state index contributed by atoms with van der Waals surface area (Å²) in [4.78, 5) is 0. The average Bonchev–Trinajstić information content (AvgIpc) is 2.82. The van der Waals surface area contributed by atoms with Crippen molar-refractivity contribution in [3.63, 3.8) is 0 Å². The number of halogens is 2. The molecule has 18 heavy (non-hydrogen) atoms. The number of aromatic nitrogens is 2. The van der Waals surface area contributed by atoms with Crippen LogP contribution in [0, 0.1) is 5.82 Å². The molecule has 1 aromatic carbocycles. The maximum atomic E-state index is 13.4. The molecule has 0 amide bonds. The Labute approximate surface area is 118 Å². The third-order valence-electron chi connectivity index (χ3n) is 2.35. The lowest BCUT2D eigenvalue weighted by atomic mass is 10.2. The largest absolute Gasteiger partial charge is 0.310 e. The van der Waals surface area contributed by atoms with Crippen molar-refractivity contribution >= 4 is 27.3 Å². The fourth-order valence-electron chi connectivity index (χ4n) is 1.47. The first-order valence-corrected chi connectivity index (χ1v) is 7.30. The van der Waals surface area contributed by atoms with E-state index in [1.54, 1.807) is 6.07 Å². The van der Waals surface area contributed by atoms with Gasteiger partial charge in [0.2, 0.25) is 0 Å². The molecule has 0 bridgehead atoms. The normalized spacial score (nSPS) is 10.8. The standard InChI is InChI=1S/C12H13BrFN3S/c1-2-6-15-7-10-16-17-12(18-10)8-4-3-5-9(14)11(8)13/h3-5,15H,2,6-7H2,1H3. The highest BCUT2D eigenvalue weighted by Crippen LogP contribution is 2.32. The summed E-state index contributed by atoms with van der Waals surface area (Å²) in [5, 5.41) is 13.1. The van der Waals surface area contributed by atoms with E-state index in [-0.39, 0.29) is 5.82 Å². The summed E-state index contributed by atoms with van der Waals surface area (Å²) in [7, 11) is 0. The molecule has 1 heterocycles. The second-order valence-electron chi connectivity index (χ2n) is 3.78. The fraction of sp³-hybridized carbons (Fsp3) is 0.333. The van der Waals surface area contributed by atoms with Crippen LogP contribution in [0.25, 0.3) is 10.6 Å². The molecule has 0 aliphatic carbocycles. The Morgan fingerprint density at radius 1 is 1.39 bits per heavy atom. The molecule has 1 aromatic heterocycles. The first-order valence-electron chi connectivity index (χ1n) is 5.70. The number of benzene rings is 1. The predicted octanol–water partition coefficient (Wildman–Crippen LogP) is 3.61. The van der Waals surface area contributed by atoms with Crippen LogP contribution in [0.1, 0.15) is 18.4 Å². The van der Waals surface area contributed by atoms with Crippen LogP contribution in [0.15, 0.2) is 22.7 Å². The predicted molar refractivity (Wildman–Crippen MR) is 75.0 cm³/mol. The van der Waals surface area contributed by atoms with Gasteiger partial charge >= 0.3 is 0 Å². The van der Waals surface area contributed by atoms with Gasteiger partial charge in [0.25, 0.3) is 0 Å². The Kier molecular flexibility index (Phi) is 4.79. The van der Waals surface area contributed by atoms with Crippen LogP contribution < -0.4 is 5.32 Å². The van der Waals surface area contributed by atoms with E-state index in [1.807, 2.05) is 6.07 Å². The minimum atomic E-state index is -0.284. The molecule has 0 atom stereocenters.